The summed E-state index contributed by atoms with van der Waals surface area (Å²) in [6.45, 7) is 1.67. The third kappa shape index (κ3) is 5.60. The van der Waals surface area contributed by atoms with Crippen LogP contribution in [0.4, 0.5) is 10.5 Å². The lowest BCUT2D eigenvalue weighted by Gasteiger charge is -2.26. The predicted octanol–water partition coefficient (Wildman–Crippen LogP) is 1.73. The van der Waals surface area contributed by atoms with Gasteiger partial charge in [0.25, 0.3) is 5.91 Å². The summed E-state index contributed by atoms with van der Waals surface area (Å²) in [4.78, 5) is 25.8. The number of urea groups is 1. The monoisotopic (exact) mass is 446 g/mol. The van der Waals surface area contributed by atoms with Crippen molar-refractivity contribution in [3.8, 4) is 0 Å². The Morgan fingerprint density at radius 1 is 1.10 bits per heavy atom. The second kappa shape index (κ2) is 9.90. The van der Waals surface area contributed by atoms with Crippen LogP contribution in [0.15, 0.2) is 53.4 Å². The molecular formula is C21H26N4O5S. The van der Waals surface area contributed by atoms with Gasteiger partial charge in [-0.2, -0.15) is 4.31 Å². The Morgan fingerprint density at radius 3 is 2.42 bits per heavy atom. The molecule has 1 aliphatic heterocycles. The fourth-order valence-corrected chi connectivity index (χ4v) is 4.60. The lowest BCUT2D eigenvalue weighted by molar-refractivity contribution is 0.0730. The standard InChI is InChI=1S/C21H26N4O5S/c1-22-20(26)17-8-6-16(7-9-17)15-24(2)21(27)23-18-4-3-5-19(14-18)31(28,29)25-10-12-30-13-11-25/h3-9,14H,10-13,15H2,1-2H3,(H,22,26)(H,23,27). The molecule has 2 aromatic rings. The number of amides is 3. The third-order valence-electron chi connectivity index (χ3n) is 4.90. The van der Waals surface area contributed by atoms with Crippen molar-refractivity contribution in [3.05, 3.63) is 59.7 Å². The first-order chi connectivity index (χ1) is 14.8. The van der Waals surface area contributed by atoms with Gasteiger partial charge in [0.1, 0.15) is 0 Å². The molecule has 0 radical (unpaired) electrons. The highest BCUT2D eigenvalue weighted by atomic mass is 32.2. The molecule has 0 aliphatic carbocycles. The first kappa shape index (κ1) is 22.7. The van der Waals surface area contributed by atoms with Crippen LogP contribution < -0.4 is 10.6 Å². The number of anilines is 1. The maximum Gasteiger partial charge on any atom is 0.321 e. The Bertz CT molecular complexity index is 1030. The van der Waals surface area contributed by atoms with Crippen LogP contribution in [-0.2, 0) is 21.3 Å². The van der Waals surface area contributed by atoms with E-state index in [-0.39, 0.29) is 16.8 Å². The summed E-state index contributed by atoms with van der Waals surface area (Å²) < 4.78 is 32.2. The van der Waals surface area contributed by atoms with Gasteiger partial charge in [-0.25, -0.2) is 13.2 Å². The molecule has 2 N–H and O–H groups in total. The topological polar surface area (TPSA) is 108 Å². The van der Waals surface area contributed by atoms with Crippen LogP contribution in [0.25, 0.3) is 0 Å². The Morgan fingerprint density at radius 2 is 1.77 bits per heavy atom. The number of benzene rings is 2. The van der Waals surface area contributed by atoms with Gasteiger partial charge in [0.05, 0.1) is 18.1 Å². The van der Waals surface area contributed by atoms with Gasteiger partial charge in [-0.15, -0.1) is 0 Å². The van der Waals surface area contributed by atoms with Crippen molar-refractivity contribution < 1.29 is 22.7 Å². The fraction of sp³-hybridized carbons (Fsp3) is 0.333. The summed E-state index contributed by atoms with van der Waals surface area (Å²) >= 11 is 0. The van der Waals surface area contributed by atoms with Crippen molar-refractivity contribution in [2.75, 3.05) is 45.7 Å². The Hall–Kier alpha value is -2.95. The minimum atomic E-state index is -3.65. The van der Waals surface area contributed by atoms with Crippen LogP contribution >= 0.6 is 0 Å². The van der Waals surface area contributed by atoms with E-state index in [2.05, 4.69) is 10.6 Å². The molecule has 0 bridgehead atoms. The summed E-state index contributed by atoms with van der Waals surface area (Å²) in [7, 11) is -0.446. The number of carbonyl (C=O) groups is 2. The predicted molar refractivity (Wildman–Crippen MR) is 116 cm³/mol. The van der Waals surface area contributed by atoms with E-state index in [9.17, 15) is 18.0 Å². The molecule has 0 atom stereocenters. The molecule has 1 aliphatic rings. The molecule has 1 saturated heterocycles. The summed E-state index contributed by atoms with van der Waals surface area (Å²) in [5.74, 6) is -0.176. The second-order valence-electron chi connectivity index (χ2n) is 7.11. The number of hydrogen-bond acceptors (Lipinski definition) is 5. The van der Waals surface area contributed by atoms with Crippen LogP contribution in [0.3, 0.4) is 0 Å². The highest BCUT2D eigenvalue weighted by molar-refractivity contribution is 7.89. The van der Waals surface area contributed by atoms with E-state index in [0.717, 1.165) is 5.56 Å². The first-order valence-electron chi connectivity index (χ1n) is 9.82. The second-order valence-corrected chi connectivity index (χ2v) is 9.04. The van der Waals surface area contributed by atoms with E-state index < -0.39 is 10.0 Å². The number of hydrogen-bond donors (Lipinski definition) is 2. The molecule has 2 aromatic carbocycles. The van der Waals surface area contributed by atoms with Gasteiger partial charge in [-0.1, -0.05) is 18.2 Å². The number of morpholine rings is 1. The molecule has 0 unspecified atom stereocenters. The molecule has 0 aromatic heterocycles. The van der Waals surface area contributed by atoms with Crippen molar-refractivity contribution >= 4 is 27.6 Å². The van der Waals surface area contributed by atoms with E-state index in [4.69, 9.17) is 4.74 Å². The van der Waals surface area contributed by atoms with Crippen LogP contribution in [0.5, 0.6) is 0 Å². The quantitative estimate of drug-likeness (QED) is 0.703. The minimum absolute atomic E-state index is 0.125. The number of carbonyl (C=O) groups excluding carboxylic acids is 2. The molecule has 1 heterocycles. The number of nitrogens with zero attached hydrogens (tertiary/aromatic N) is 2. The average Bonchev–Trinajstić information content (AvgIpc) is 2.79. The Kier molecular flexibility index (Phi) is 7.26. The van der Waals surface area contributed by atoms with E-state index >= 15 is 0 Å². The summed E-state index contributed by atoms with van der Waals surface area (Å²) in [5, 5.41) is 5.29. The van der Waals surface area contributed by atoms with E-state index in [1.54, 1.807) is 50.5 Å². The summed E-state index contributed by atoms with van der Waals surface area (Å²) in [6, 6.07) is 12.8. The maximum atomic E-state index is 12.8. The smallest absolute Gasteiger partial charge is 0.321 e. The van der Waals surface area contributed by atoms with Crippen molar-refractivity contribution in [1.29, 1.82) is 0 Å². The van der Waals surface area contributed by atoms with Crippen LogP contribution in [0.2, 0.25) is 0 Å². The van der Waals surface area contributed by atoms with Crippen LogP contribution in [0.1, 0.15) is 15.9 Å². The van der Waals surface area contributed by atoms with Crippen molar-refractivity contribution in [2.45, 2.75) is 11.4 Å². The van der Waals surface area contributed by atoms with Gasteiger partial charge in [0, 0.05) is 45.0 Å². The summed E-state index contributed by atoms with van der Waals surface area (Å²) in [6.07, 6.45) is 0. The highest BCUT2D eigenvalue weighted by Crippen LogP contribution is 2.21. The van der Waals surface area contributed by atoms with Crippen molar-refractivity contribution in [2.24, 2.45) is 0 Å². The van der Waals surface area contributed by atoms with Crippen molar-refractivity contribution in [1.82, 2.24) is 14.5 Å². The molecule has 3 amide bonds. The van der Waals surface area contributed by atoms with Crippen molar-refractivity contribution in [3.63, 3.8) is 0 Å². The molecule has 10 heteroatoms. The van der Waals surface area contributed by atoms with Crippen LogP contribution in [-0.4, -0.2) is 70.0 Å². The van der Waals surface area contributed by atoms with E-state index in [1.165, 1.54) is 21.3 Å². The molecular weight excluding hydrogens is 420 g/mol. The number of nitrogens with one attached hydrogen (secondary N) is 2. The van der Waals surface area contributed by atoms with E-state index in [0.29, 0.717) is 44.1 Å². The fourth-order valence-electron chi connectivity index (χ4n) is 3.14. The molecule has 31 heavy (non-hydrogen) atoms. The SMILES string of the molecule is CNC(=O)c1ccc(CN(C)C(=O)Nc2cccc(S(=O)(=O)N3CCOCC3)c2)cc1. The molecule has 0 spiro atoms. The van der Waals surface area contributed by atoms with Gasteiger partial charge >= 0.3 is 6.03 Å². The maximum absolute atomic E-state index is 12.8. The molecule has 0 saturated carbocycles. The van der Waals surface area contributed by atoms with Gasteiger partial charge in [-0.3, -0.25) is 4.79 Å². The minimum Gasteiger partial charge on any atom is -0.379 e. The first-order valence-corrected chi connectivity index (χ1v) is 11.3. The molecule has 166 valence electrons. The Labute approximate surface area is 182 Å². The van der Waals surface area contributed by atoms with E-state index in [1.807, 2.05) is 0 Å². The molecule has 1 fully saturated rings. The normalized spacial score (nSPS) is 14.6. The zero-order chi connectivity index (χ0) is 22.4. The average molecular weight is 447 g/mol. The number of ether oxygens (including phenoxy) is 1. The number of rotatable bonds is 6. The number of sulfonamides is 1. The largest absolute Gasteiger partial charge is 0.379 e. The van der Waals surface area contributed by atoms with Gasteiger partial charge < -0.3 is 20.3 Å². The zero-order valence-electron chi connectivity index (χ0n) is 17.5. The zero-order valence-corrected chi connectivity index (χ0v) is 18.3. The summed E-state index contributed by atoms with van der Waals surface area (Å²) in [5.41, 5.74) is 1.78. The third-order valence-corrected chi connectivity index (χ3v) is 6.80. The Balaban J connectivity index is 1.64. The van der Waals surface area contributed by atoms with Gasteiger partial charge in [-0.05, 0) is 35.9 Å². The molecule has 9 nitrogen and oxygen atoms in total. The van der Waals surface area contributed by atoms with Gasteiger partial charge in [0.15, 0.2) is 0 Å². The lowest BCUT2D eigenvalue weighted by Crippen LogP contribution is -2.40. The highest BCUT2D eigenvalue weighted by Gasteiger charge is 2.26. The lowest BCUT2D eigenvalue weighted by atomic mass is 10.1. The molecule has 3 rings (SSSR count). The van der Waals surface area contributed by atoms with Crippen LogP contribution in [0, 0.1) is 0 Å². The van der Waals surface area contributed by atoms with Gasteiger partial charge in [0.2, 0.25) is 10.0 Å².